The van der Waals surface area contributed by atoms with E-state index in [1.54, 1.807) is 7.11 Å². The Morgan fingerprint density at radius 3 is 3.06 bits per heavy atom. The number of aryl methyl sites for hydroxylation is 1. The summed E-state index contributed by atoms with van der Waals surface area (Å²) in [5.41, 5.74) is 1.89. The quantitative estimate of drug-likeness (QED) is 0.660. The number of alkyl halides is 1. The van der Waals surface area contributed by atoms with E-state index in [0.717, 1.165) is 31.4 Å². The highest BCUT2D eigenvalue weighted by Crippen LogP contribution is 2.49. The lowest BCUT2D eigenvalue weighted by Crippen LogP contribution is -2.53. The van der Waals surface area contributed by atoms with Gasteiger partial charge in [-0.15, -0.1) is 11.6 Å². The number of nitrogens with zero attached hydrogens (tertiary/aromatic N) is 1. The van der Waals surface area contributed by atoms with E-state index in [0.29, 0.717) is 6.04 Å². The second-order valence-corrected chi connectivity index (χ2v) is 6.32. The molecule has 0 amide bonds. The molecule has 1 aromatic heterocycles. The topological polar surface area (TPSA) is 34.1 Å². The zero-order valence-electron chi connectivity index (χ0n) is 10.9. The molecule has 1 N–H and O–H groups in total. The van der Waals surface area contributed by atoms with E-state index >= 15 is 0 Å². The maximum atomic E-state index is 6.65. The maximum Gasteiger partial charge on any atom is 0.114 e. The van der Waals surface area contributed by atoms with Crippen molar-refractivity contribution in [3.8, 4) is 0 Å². The van der Waals surface area contributed by atoms with Crippen LogP contribution in [-0.4, -0.2) is 23.1 Å². The van der Waals surface area contributed by atoms with Gasteiger partial charge in [0.25, 0.3) is 0 Å². The molecule has 0 spiro atoms. The molecule has 3 unspecified atom stereocenters. The Hall–Kier alpha value is -0.640. The summed E-state index contributed by atoms with van der Waals surface area (Å²) in [6, 6.07) is 4.50. The van der Waals surface area contributed by atoms with E-state index in [-0.39, 0.29) is 10.6 Å². The molecular formula is C14H19ClN2O. The van der Waals surface area contributed by atoms with Gasteiger partial charge in [0.2, 0.25) is 0 Å². The first kappa shape index (κ1) is 12.4. The van der Waals surface area contributed by atoms with E-state index in [1.807, 2.05) is 12.3 Å². The lowest BCUT2D eigenvalue weighted by atomic mass is 9.82. The number of nitrogens with one attached hydrogen (secondary N) is 1. The number of halogens is 1. The molecule has 98 valence electrons. The first-order valence-corrected chi connectivity index (χ1v) is 6.89. The number of methoxy groups -OCH3 is 1. The van der Waals surface area contributed by atoms with Crippen molar-refractivity contribution in [1.29, 1.82) is 0 Å². The Morgan fingerprint density at radius 1 is 1.56 bits per heavy atom. The van der Waals surface area contributed by atoms with Gasteiger partial charge in [-0.3, -0.25) is 10.3 Å². The fraction of sp³-hybridized carbons (Fsp3) is 0.643. The molecule has 3 heterocycles. The fourth-order valence-corrected chi connectivity index (χ4v) is 4.00. The van der Waals surface area contributed by atoms with Crippen molar-refractivity contribution >= 4 is 11.6 Å². The van der Waals surface area contributed by atoms with Gasteiger partial charge in [-0.1, -0.05) is 6.07 Å². The number of fused-ring (bicyclic) bond motifs is 2. The first-order valence-electron chi connectivity index (χ1n) is 6.51. The SMILES string of the molecule is COC1(c2ncccc2C)CC2CCC(Cl)(C1)N2. The van der Waals surface area contributed by atoms with Crippen LogP contribution in [0.25, 0.3) is 0 Å². The van der Waals surface area contributed by atoms with E-state index in [1.165, 1.54) is 5.56 Å². The van der Waals surface area contributed by atoms with Crippen LogP contribution in [0.2, 0.25) is 0 Å². The number of ether oxygens (including phenoxy) is 1. The zero-order valence-corrected chi connectivity index (χ0v) is 11.6. The standard InChI is InChI=1S/C14H19ClN2O/c1-10-4-3-7-16-12(10)13(18-2)8-11-5-6-14(15,9-13)17-11/h3-4,7,11,17H,5-6,8-9H2,1-2H3. The molecule has 0 radical (unpaired) electrons. The molecule has 0 saturated carbocycles. The Labute approximate surface area is 113 Å². The molecule has 0 aromatic carbocycles. The molecule has 2 bridgehead atoms. The van der Waals surface area contributed by atoms with Crippen molar-refractivity contribution in [2.45, 2.75) is 49.2 Å². The number of hydrogen-bond acceptors (Lipinski definition) is 3. The second kappa shape index (κ2) is 4.19. The van der Waals surface area contributed by atoms with Gasteiger partial charge >= 0.3 is 0 Å². The highest BCUT2D eigenvalue weighted by molar-refractivity contribution is 6.24. The molecule has 3 rings (SSSR count). The lowest BCUT2D eigenvalue weighted by molar-refractivity contribution is -0.0615. The summed E-state index contributed by atoms with van der Waals surface area (Å²) < 4.78 is 5.90. The summed E-state index contributed by atoms with van der Waals surface area (Å²) in [4.78, 5) is 4.24. The number of hydrogen-bond donors (Lipinski definition) is 1. The number of pyridine rings is 1. The van der Waals surface area contributed by atoms with Crippen LogP contribution < -0.4 is 5.32 Å². The minimum atomic E-state index is -0.334. The van der Waals surface area contributed by atoms with Crippen LogP contribution in [0.15, 0.2) is 18.3 Å². The van der Waals surface area contributed by atoms with Crippen molar-refractivity contribution in [2.24, 2.45) is 0 Å². The maximum absolute atomic E-state index is 6.65. The molecular weight excluding hydrogens is 248 g/mol. The van der Waals surface area contributed by atoms with Gasteiger partial charge in [0, 0.05) is 25.8 Å². The molecule has 0 aliphatic carbocycles. The van der Waals surface area contributed by atoms with Crippen LogP contribution >= 0.6 is 11.6 Å². The van der Waals surface area contributed by atoms with Gasteiger partial charge in [0.05, 0.1) is 10.7 Å². The van der Waals surface area contributed by atoms with Gasteiger partial charge in [-0.05, 0) is 37.8 Å². The van der Waals surface area contributed by atoms with E-state index in [2.05, 4.69) is 23.3 Å². The second-order valence-electron chi connectivity index (χ2n) is 5.59. The molecule has 18 heavy (non-hydrogen) atoms. The van der Waals surface area contributed by atoms with Gasteiger partial charge in [-0.25, -0.2) is 0 Å². The van der Waals surface area contributed by atoms with E-state index < -0.39 is 0 Å². The van der Waals surface area contributed by atoms with Gasteiger partial charge in [0.15, 0.2) is 0 Å². The summed E-state index contributed by atoms with van der Waals surface area (Å²) in [5, 5.41) is 3.50. The summed E-state index contributed by atoms with van der Waals surface area (Å²) in [7, 11) is 1.78. The van der Waals surface area contributed by atoms with Crippen LogP contribution in [0, 0.1) is 6.92 Å². The molecule has 2 fully saturated rings. The van der Waals surface area contributed by atoms with Gasteiger partial charge in [0.1, 0.15) is 5.60 Å². The Balaban J connectivity index is 2.04. The van der Waals surface area contributed by atoms with Crippen LogP contribution in [0.5, 0.6) is 0 Å². The minimum absolute atomic E-state index is 0.317. The van der Waals surface area contributed by atoms with Crippen LogP contribution in [0.1, 0.15) is 36.9 Å². The summed E-state index contributed by atoms with van der Waals surface area (Å²) in [6.45, 7) is 2.09. The van der Waals surface area contributed by atoms with Crippen LogP contribution in [0.4, 0.5) is 0 Å². The smallest absolute Gasteiger partial charge is 0.114 e. The third-order valence-corrected chi connectivity index (χ3v) is 4.76. The van der Waals surface area contributed by atoms with E-state index in [4.69, 9.17) is 16.3 Å². The van der Waals surface area contributed by atoms with Crippen LogP contribution in [-0.2, 0) is 10.3 Å². The fourth-order valence-electron chi connectivity index (χ4n) is 3.52. The summed E-state index contributed by atoms with van der Waals surface area (Å²) in [5.74, 6) is 0. The van der Waals surface area contributed by atoms with E-state index in [9.17, 15) is 0 Å². The minimum Gasteiger partial charge on any atom is -0.372 e. The zero-order chi connectivity index (χ0) is 12.8. The molecule has 4 heteroatoms. The lowest BCUT2D eigenvalue weighted by Gasteiger charge is -2.43. The van der Waals surface area contributed by atoms with Gasteiger partial charge in [-0.2, -0.15) is 0 Å². The molecule has 3 nitrogen and oxygen atoms in total. The van der Waals surface area contributed by atoms with Crippen molar-refractivity contribution in [1.82, 2.24) is 10.3 Å². The van der Waals surface area contributed by atoms with Crippen molar-refractivity contribution in [3.05, 3.63) is 29.6 Å². The van der Waals surface area contributed by atoms with Crippen molar-refractivity contribution < 1.29 is 4.74 Å². The average Bonchev–Trinajstić information content (AvgIpc) is 2.64. The predicted octanol–water partition coefficient (Wildman–Crippen LogP) is 2.71. The Bertz CT molecular complexity index is 467. The third-order valence-electron chi connectivity index (χ3n) is 4.33. The molecule has 2 aliphatic rings. The first-order chi connectivity index (χ1) is 8.57. The Morgan fingerprint density at radius 2 is 2.39 bits per heavy atom. The average molecular weight is 267 g/mol. The third kappa shape index (κ3) is 1.85. The summed E-state index contributed by atoms with van der Waals surface area (Å²) >= 11 is 6.65. The monoisotopic (exact) mass is 266 g/mol. The number of aromatic nitrogens is 1. The normalized spacial score (nSPS) is 38.9. The molecule has 1 aromatic rings. The van der Waals surface area contributed by atoms with Crippen molar-refractivity contribution in [3.63, 3.8) is 0 Å². The number of piperidine rings is 1. The predicted molar refractivity (Wildman–Crippen MR) is 71.6 cm³/mol. The molecule has 2 saturated heterocycles. The molecule has 3 atom stereocenters. The Kier molecular flexibility index (Phi) is 2.88. The summed E-state index contributed by atoms with van der Waals surface area (Å²) in [6.07, 6.45) is 5.72. The van der Waals surface area contributed by atoms with Crippen LogP contribution in [0.3, 0.4) is 0 Å². The van der Waals surface area contributed by atoms with Crippen molar-refractivity contribution in [2.75, 3.05) is 7.11 Å². The van der Waals surface area contributed by atoms with Gasteiger partial charge < -0.3 is 4.74 Å². The highest BCUT2D eigenvalue weighted by Gasteiger charge is 2.53. The number of rotatable bonds is 2. The highest BCUT2D eigenvalue weighted by atomic mass is 35.5. The largest absolute Gasteiger partial charge is 0.372 e. The molecule has 2 aliphatic heterocycles.